The second kappa shape index (κ2) is 5.87. The normalized spacial score (nSPS) is 13.9. The number of nitrogens with zero attached hydrogens (tertiary/aromatic N) is 1. The zero-order valence-corrected chi connectivity index (χ0v) is 15.1. The van der Waals surface area contributed by atoms with E-state index in [1.165, 1.54) is 33.4 Å². The Bertz CT molecular complexity index is 944. The molecule has 3 heteroatoms. The molecule has 0 saturated carbocycles. The first-order valence-electron chi connectivity index (χ1n) is 9.14. The number of benzene rings is 2. The molecule has 26 heavy (non-hydrogen) atoms. The lowest BCUT2D eigenvalue weighted by atomic mass is 9.83. The van der Waals surface area contributed by atoms with Crippen LogP contribution in [0.2, 0.25) is 0 Å². The van der Waals surface area contributed by atoms with Crippen LogP contribution in [0.4, 0.5) is 0 Å². The molecule has 3 aromatic rings. The molecule has 1 aromatic heterocycles. The summed E-state index contributed by atoms with van der Waals surface area (Å²) in [5.74, 6) is 1.84. The van der Waals surface area contributed by atoms with Crippen molar-refractivity contribution >= 4 is 0 Å². The van der Waals surface area contributed by atoms with Crippen LogP contribution in [-0.4, -0.2) is 19.2 Å². The largest absolute Gasteiger partial charge is 0.497 e. The van der Waals surface area contributed by atoms with E-state index >= 15 is 0 Å². The molecule has 0 fully saturated rings. The Morgan fingerprint density at radius 1 is 0.615 bits per heavy atom. The minimum atomic E-state index is 0.919. The fraction of sp³-hybridized carbons (Fsp3) is 0.261. The molecule has 0 bridgehead atoms. The summed E-state index contributed by atoms with van der Waals surface area (Å²) in [6.45, 7) is 0. The SMILES string of the molecule is COc1ccc2c(c1)CCc1cc3c(nc1-2)-c1ccc(OC)cc1CC3. The van der Waals surface area contributed by atoms with Crippen molar-refractivity contribution in [3.05, 3.63) is 64.7 Å². The fourth-order valence-corrected chi connectivity index (χ4v) is 4.26. The number of pyridine rings is 1. The number of hydrogen-bond donors (Lipinski definition) is 0. The van der Waals surface area contributed by atoms with E-state index in [4.69, 9.17) is 14.5 Å². The Morgan fingerprint density at radius 3 is 1.54 bits per heavy atom. The second-order valence-electron chi connectivity index (χ2n) is 7.05. The molecule has 1 heterocycles. The van der Waals surface area contributed by atoms with Crippen LogP contribution in [0, 0.1) is 0 Å². The molecule has 0 radical (unpaired) electrons. The molecule has 2 aromatic carbocycles. The van der Waals surface area contributed by atoms with Gasteiger partial charge in [0.2, 0.25) is 0 Å². The van der Waals surface area contributed by atoms with Crippen molar-refractivity contribution in [2.75, 3.05) is 14.2 Å². The molecule has 2 aliphatic rings. The van der Waals surface area contributed by atoms with Crippen LogP contribution in [0.1, 0.15) is 22.3 Å². The maximum atomic E-state index is 5.39. The van der Waals surface area contributed by atoms with Gasteiger partial charge in [-0.15, -0.1) is 0 Å². The lowest BCUT2D eigenvalue weighted by Gasteiger charge is -2.25. The van der Waals surface area contributed by atoms with Crippen LogP contribution in [0.5, 0.6) is 11.5 Å². The summed E-state index contributed by atoms with van der Waals surface area (Å²) in [7, 11) is 3.44. The van der Waals surface area contributed by atoms with Gasteiger partial charge in [-0.2, -0.15) is 0 Å². The van der Waals surface area contributed by atoms with E-state index in [9.17, 15) is 0 Å². The quantitative estimate of drug-likeness (QED) is 0.680. The molecule has 3 nitrogen and oxygen atoms in total. The van der Waals surface area contributed by atoms with Crippen LogP contribution in [0.25, 0.3) is 22.5 Å². The lowest BCUT2D eigenvalue weighted by Crippen LogP contribution is -2.12. The summed E-state index contributed by atoms with van der Waals surface area (Å²) in [4.78, 5) is 5.17. The number of fused-ring (bicyclic) bond motifs is 6. The van der Waals surface area contributed by atoms with E-state index in [1.54, 1.807) is 14.2 Å². The Balaban J connectivity index is 1.68. The van der Waals surface area contributed by atoms with Crippen molar-refractivity contribution in [1.29, 1.82) is 0 Å². The van der Waals surface area contributed by atoms with Gasteiger partial charge in [0.15, 0.2) is 0 Å². The molecule has 0 spiro atoms. The van der Waals surface area contributed by atoms with E-state index in [1.807, 2.05) is 12.1 Å². The molecule has 2 aliphatic carbocycles. The van der Waals surface area contributed by atoms with Crippen LogP contribution in [0.3, 0.4) is 0 Å². The van der Waals surface area contributed by atoms with Gasteiger partial charge in [-0.1, -0.05) is 6.07 Å². The van der Waals surface area contributed by atoms with Crippen LogP contribution in [-0.2, 0) is 25.7 Å². The highest BCUT2D eigenvalue weighted by Gasteiger charge is 2.24. The van der Waals surface area contributed by atoms with E-state index < -0.39 is 0 Å². The molecule has 5 rings (SSSR count). The zero-order valence-electron chi connectivity index (χ0n) is 15.1. The number of hydrogen-bond acceptors (Lipinski definition) is 3. The maximum absolute atomic E-state index is 5.39. The maximum Gasteiger partial charge on any atom is 0.119 e. The summed E-state index contributed by atoms with van der Waals surface area (Å²) in [6, 6.07) is 15.1. The minimum absolute atomic E-state index is 0.919. The molecule has 0 saturated heterocycles. The Kier molecular flexibility index (Phi) is 3.49. The second-order valence-corrected chi connectivity index (χ2v) is 7.05. The molecule has 0 atom stereocenters. The van der Waals surface area contributed by atoms with E-state index in [2.05, 4.69) is 30.3 Å². The fourth-order valence-electron chi connectivity index (χ4n) is 4.26. The van der Waals surface area contributed by atoms with Gasteiger partial charge in [0.1, 0.15) is 11.5 Å². The summed E-state index contributed by atoms with van der Waals surface area (Å²) < 4.78 is 10.8. The molecule has 0 amide bonds. The Morgan fingerprint density at radius 2 is 1.08 bits per heavy atom. The third kappa shape index (κ3) is 2.31. The first-order valence-corrected chi connectivity index (χ1v) is 9.14. The molecular weight excluding hydrogens is 322 g/mol. The number of aromatic nitrogens is 1. The average Bonchev–Trinajstić information content (AvgIpc) is 2.71. The molecule has 130 valence electrons. The van der Waals surface area contributed by atoms with Crippen molar-refractivity contribution in [2.45, 2.75) is 25.7 Å². The first-order chi connectivity index (χ1) is 12.8. The monoisotopic (exact) mass is 343 g/mol. The van der Waals surface area contributed by atoms with Crippen LogP contribution in [0.15, 0.2) is 42.5 Å². The summed E-state index contributed by atoms with van der Waals surface area (Å²) in [5, 5.41) is 0. The van der Waals surface area contributed by atoms with E-state index in [0.29, 0.717) is 0 Å². The minimum Gasteiger partial charge on any atom is -0.497 e. The van der Waals surface area contributed by atoms with Gasteiger partial charge < -0.3 is 9.47 Å². The zero-order chi connectivity index (χ0) is 17.7. The number of rotatable bonds is 2. The summed E-state index contributed by atoms with van der Waals surface area (Å²) in [5.41, 5.74) is 10.2. The molecule has 0 N–H and O–H groups in total. The molecular formula is C23H21NO2. The van der Waals surface area contributed by atoms with Crippen LogP contribution >= 0.6 is 0 Å². The van der Waals surface area contributed by atoms with Gasteiger partial charge in [-0.25, -0.2) is 4.98 Å². The van der Waals surface area contributed by atoms with E-state index in [0.717, 1.165) is 48.6 Å². The van der Waals surface area contributed by atoms with Crippen molar-refractivity contribution in [1.82, 2.24) is 4.98 Å². The number of aryl methyl sites for hydroxylation is 4. The molecule has 0 aliphatic heterocycles. The van der Waals surface area contributed by atoms with Crippen LogP contribution < -0.4 is 9.47 Å². The van der Waals surface area contributed by atoms with Crippen molar-refractivity contribution in [3.63, 3.8) is 0 Å². The standard InChI is InChI=1S/C23H21NO2/c1-25-18-7-9-20-14(12-18)3-5-16-11-17-6-4-15-13-19(26-2)8-10-21(15)23(17)24-22(16)20/h7-13H,3-6H2,1-2H3. The third-order valence-electron chi connectivity index (χ3n) is 5.64. The predicted octanol–water partition coefficient (Wildman–Crippen LogP) is 4.63. The Hall–Kier alpha value is -2.81. The predicted molar refractivity (Wildman–Crippen MR) is 103 cm³/mol. The highest BCUT2D eigenvalue weighted by molar-refractivity contribution is 5.77. The number of ether oxygens (including phenoxy) is 2. The van der Waals surface area contributed by atoms with Gasteiger partial charge in [-0.3, -0.25) is 0 Å². The molecule has 0 unspecified atom stereocenters. The Labute approximate surface area is 153 Å². The van der Waals surface area contributed by atoms with Gasteiger partial charge in [0, 0.05) is 11.1 Å². The van der Waals surface area contributed by atoms with Gasteiger partial charge in [0.25, 0.3) is 0 Å². The summed E-state index contributed by atoms with van der Waals surface area (Å²) in [6.07, 6.45) is 4.19. The smallest absolute Gasteiger partial charge is 0.119 e. The topological polar surface area (TPSA) is 31.4 Å². The average molecular weight is 343 g/mol. The van der Waals surface area contributed by atoms with Crippen molar-refractivity contribution in [2.24, 2.45) is 0 Å². The van der Waals surface area contributed by atoms with Crippen molar-refractivity contribution in [3.8, 4) is 34.0 Å². The van der Waals surface area contributed by atoms with Crippen molar-refractivity contribution < 1.29 is 9.47 Å². The van der Waals surface area contributed by atoms with E-state index in [-0.39, 0.29) is 0 Å². The van der Waals surface area contributed by atoms with Gasteiger partial charge in [0.05, 0.1) is 25.6 Å². The van der Waals surface area contributed by atoms with Gasteiger partial charge >= 0.3 is 0 Å². The first kappa shape index (κ1) is 15.4. The summed E-state index contributed by atoms with van der Waals surface area (Å²) >= 11 is 0. The third-order valence-corrected chi connectivity index (χ3v) is 5.64. The lowest BCUT2D eigenvalue weighted by molar-refractivity contribution is 0.414. The highest BCUT2D eigenvalue weighted by Crippen LogP contribution is 2.40. The van der Waals surface area contributed by atoms with Gasteiger partial charge in [-0.05, 0) is 84.3 Å². The number of methoxy groups -OCH3 is 2. The highest BCUT2D eigenvalue weighted by atomic mass is 16.5.